The third-order valence-corrected chi connectivity index (χ3v) is 4.94. The van der Waals surface area contributed by atoms with Crippen LogP contribution < -0.4 is 0 Å². The standard InChI is InChI=1S/C10H15ClO/c11-9-6-1-5-2-7(4-6)10(12)8(9)3-5/h5-10,12H,1-4H2/t5?,6?,7?,8?,9?,10-/m0/s1. The first-order valence-corrected chi connectivity index (χ1v) is 5.51. The summed E-state index contributed by atoms with van der Waals surface area (Å²) in [4.78, 5) is 0. The number of halogens is 1. The second-order valence-electron chi connectivity index (χ2n) is 4.93. The van der Waals surface area contributed by atoms with Crippen LogP contribution in [0.25, 0.3) is 0 Å². The molecule has 4 saturated carbocycles. The molecule has 0 aromatic rings. The maximum Gasteiger partial charge on any atom is 0.0611 e. The summed E-state index contributed by atoms with van der Waals surface area (Å²) in [6.07, 6.45) is 4.94. The number of aliphatic hydroxyl groups excluding tert-OH is 1. The van der Waals surface area contributed by atoms with Gasteiger partial charge in [-0.1, -0.05) is 0 Å². The minimum absolute atomic E-state index is 0.0692. The molecule has 0 heterocycles. The Morgan fingerprint density at radius 2 is 1.75 bits per heavy atom. The van der Waals surface area contributed by atoms with E-state index >= 15 is 0 Å². The van der Waals surface area contributed by atoms with Gasteiger partial charge in [0.25, 0.3) is 0 Å². The zero-order chi connectivity index (χ0) is 8.29. The van der Waals surface area contributed by atoms with E-state index in [0.717, 1.165) is 11.8 Å². The van der Waals surface area contributed by atoms with Gasteiger partial charge in [-0.15, -0.1) is 11.6 Å². The largest absolute Gasteiger partial charge is 0.392 e. The van der Waals surface area contributed by atoms with Crippen molar-refractivity contribution in [2.45, 2.75) is 37.2 Å². The van der Waals surface area contributed by atoms with E-state index in [1.165, 1.54) is 25.7 Å². The van der Waals surface area contributed by atoms with Crippen LogP contribution in [0.15, 0.2) is 0 Å². The average Bonchev–Trinajstić information content (AvgIpc) is 2.07. The fourth-order valence-electron chi connectivity index (χ4n) is 3.81. The summed E-state index contributed by atoms with van der Waals surface area (Å²) in [7, 11) is 0. The lowest BCUT2D eigenvalue weighted by Gasteiger charge is -2.55. The highest BCUT2D eigenvalue weighted by molar-refractivity contribution is 6.21. The fourth-order valence-corrected chi connectivity index (χ4v) is 4.26. The highest BCUT2D eigenvalue weighted by Gasteiger charge is 2.52. The first-order chi connectivity index (χ1) is 5.75. The van der Waals surface area contributed by atoms with Gasteiger partial charge in [0.05, 0.1) is 6.10 Å². The number of hydrogen-bond donors (Lipinski definition) is 1. The average molecular weight is 187 g/mol. The monoisotopic (exact) mass is 186 g/mol. The Kier molecular flexibility index (Phi) is 1.52. The van der Waals surface area contributed by atoms with E-state index < -0.39 is 0 Å². The number of aliphatic hydroxyl groups is 1. The lowest BCUT2D eigenvalue weighted by molar-refractivity contribution is -0.0886. The van der Waals surface area contributed by atoms with Crippen LogP contribution in [-0.4, -0.2) is 16.6 Å². The number of hydrogen-bond acceptors (Lipinski definition) is 1. The van der Waals surface area contributed by atoms with Crippen molar-refractivity contribution in [2.75, 3.05) is 0 Å². The van der Waals surface area contributed by atoms with Gasteiger partial charge in [0.2, 0.25) is 0 Å². The highest BCUT2D eigenvalue weighted by Crippen LogP contribution is 2.55. The summed E-state index contributed by atoms with van der Waals surface area (Å²) in [5, 5.41) is 10.2. The normalized spacial score (nSPS) is 62.5. The van der Waals surface area contributed by atoms with E-state index in [9.17, 15) is 5.11 Å². The molecule has 0 aromatic carbocycles. The van der Waals surface area contributed by atoms with E-state index in [2.05, 4.69) is 0 Å². The zero-order valence-electron chi connectivity index (χ0n) is 7.12. The van der Waals surface area contributed by atoms with Crippen LogP contribution >= 0.6 is 11.6 Å². The molecule has 0 spiro atoms. The number of rotatable bonds is 0. The molecule has 4 aliphatic rings. The van der Waals surface area contributed by atoms with Crippen molar-refractivity contribution in [1.29, 1.82) is 0 Å². The second-order valence-corrected chi connectivity index (χ2v) is 5.43. The molecule has 0 aromatic heterocycles. The Balaban J connectivity index is 1.93. The molecule has 5 unspecified atom stereocenters. The SMILES string of the molecule is O[C@H]1C2CC3CC(C2)C(Cl)C1C3. The maximum absolute atomic E-state index is 9.91. The quantitative estimate of drug-likeness (QED) is 0.574. The Morgan fingerprint density at radius 1 is 1.00 bits per heavy atom. The smallest absolute Gasteiger partial charge is 0.0611 e. The maximum atomic E-state index is 9.91. The molecule has 0 amide bonds. The van der Waals surface area contributed by atoms with Crippen molar-refractivity contribution < 1.29 is 5.11 Å². The van der Waals surface area contributed by atoms with Crippen LogP contribution in [0.5, 0.6) is 0 Å². The molecule has 2 heteroatoms. The van der Waals surface area contributed by atoms with Crippen LogP contribution in [0.4, 0.5) is 0 Å². The van der Waals surface area contributed by atoms with Gasteiger partial charge in [-0.25, -0.2) is 0 Å². The van der Waals surface area contributed by atoms with E-state index in [1.807, 2.05) is 0 Å². The van der Waals surface area contributed by atoms with Crippen LogP contribution in [0.3, 0.4) is 0 Å². The van der Waals surface area contributed by atoms with Gasteiger partial charge in [0, 0.05) is 11.3 Å². The summed E-state index contributed by atoms with van der Waals surface area (Å²) in [6, 6.07) is 0. The number of alkyl halides is 1. The van der Waals surface area contributed by atoms with Gasteiger partial charge in [0.15, 0.2) is 0 Å². The summed E-state index contributed by atoms with van der Waals surface area (Å²) < 4.78 is 0. The van der Waals surface area contributed by atoms with E-state index in [1.54, 1.807) is 0 Å². The molecule has 4 fully saturated rings. The van der Waals surface area contributed by atoms with Crippen molar-refractivity contribution in [3.63, 3.8) is 0 Å². The predicted molar refractivity (Wildman–Crippen MR) is 48.1 cm³/mol. The van der Waals surface area contributed by atoms with Crippen molar-refractivity contribution in [2.24, 2.45) is 23.7 Å². The lowest BCUT2D eigenvalue weighted by atomic mass is 9.55. The molecule has 1 N–H and O–H groups in total. The summed E-state index contributed by atoms with van der Waals surface area (Å²) in [6.45, 7) is 0. The van der Waals surface area contributed by atoms with Crippen LogP contribution in [-0.2, 0) is 0 Å². The highest BCUT2D eigenvalue weighted by atomic mass is 35.5. The molecular weight excluding hydrogens is 172 g/mol. The topological polar surface area (TPSA) is 20.2 Å². The molecule has 4 aliphatic carbocycles. The predicted octanol–water partition coefficient (Wildman–Crippen LogP) is 2.02. The minimum Gasteiger partial charge on any atom is -0.392 e. The lowest BCUT2D eigenvalue weighted by Crippen LogP contribution is -2.54. The molecule has 4 bridgehead atoms. The van der Waals surface area contributed by atoms with Crippen molar-refractivity contribution in [3.05, 3.63) is 0 Å². The van der Waals surface area contributed by atoms with Crippen LogP contribution in [0.2, 0.25) is 0 Å². The molecule has 0 aliphatic heterocycles. The Morgan fingerprint density at radius 3 is 2.58 bits per heavy atom. The van der Waals surface area contributed by atoms with E-state index in [0.29, 0.717) is 11.8 Å². The van der Waals surface area contributed by atoms with E-state index in [4.69, 9.17) is 11.6 Å². The summed E-state index contributed by atoms with van der Waals surface area (Å²) in [5.41, 5.74) is 0. The van der Waals surface area contributed by atoms with Gasteiger partial charge >= 0.3 is 0 Å². The molecule has 4 rings (SSSR count). The van der Waals surface area contributed by atoms with Crippen molar-refractivity contribution in [1.82, 2.24) is 0 Å². The van der Waals surface area contributed by atoms with Gasteiger partial charge < -0.3 is 5.11 Å². The first-order valence-electron chi connectivity index (χ1n) is 5.08. The fraction of sp³-hybridized carbons (Fsp3) is 1.00. The molecular formula is C10H15ClO. The Bertz CT molecular complexity index is 188. The minimum atomic E-state index is -0.0692. The van der Waals surface area contributed by atoms with Gasteiger partial charge in [-0.3, -0.25) is 0 Å². The van der Waals surface area contributed by atoms with Gasteiger partial charge in [-0.2, -0.15) is 0 Å². The zero-order valence-corrected chi connectivity index (χ0v) is 7.87. The molecule has 0 saturated heterocycles. The Hall–Kier alpha value is 0.250. The molecule has 68 valence electrons. The summed E-state index contributed by atoms with van der Waals surface area (Å²) in [5.74, 6) is 2.67. The molecule has 6 atom stereocenters. The first kappa shape index (κ1) is 7.64. The summed E-state index contributed by atoms with van der Waals surface area (Å²) >= 11 is 6.31. The molecule has 1 nitrogen and oxygen atoms in total. The van der Waals surface area contributed by atoms with Crippen LogP contribution in [0.1, 0.15) is 25.7 Å². The van der Waals surface area contributed by atoms with Crippen molar-refractivity contribution in [3.8, 4) is 0 Å². The van der Waals surface area contributed by atoms with Crippen LogP contribution in [0, 0.1) is 23.7 Å². The van der Waals surface area contributed by atoms with Crippen molar-refractivity contribution >= 4 is 11.6 Å². The third-order valence-electron chi connectivity index (χ3n) is 4.26. The third kappa shape index (κ3) is 0.843. The second kappa shape index (κ2) is 2.39. The molecule has 0 radical (unpaired) electrons. The van der Waals surface area contributed by atoms with Gasteiger partial charge in [-0.05, 0) is 43.4 Å². The van der Waals surface area contributed by atoms with Gasteiger partial charge in [0.1, 0.15) is 0 Å². The Labute approximate surface area is 78.1 Å². The van der Waals surface area contributed by atoms with E-state index in [-0.39, 0.29) is 11.5 Å². The molecule has 12 heavy (non-hydrogen) atoms.